The monoisotopic (exact) mass is 243 g/mol. The Morgan fingerprint density at radius 3 is 2.33 bits per heavy atom. The maximum Gasteiger partial charge on any atom is 0.0511 e. The minimum Gasteiger partial charge on any atom is -0.321 e. The molecule has 0 radical (unpaired) electrons. The number of benzene rings is 1. The topological polar surface area (TPSA) is 26.0 Å². The van der Waals surface area contributed by atoms with Crippen LogP contribution >= 0.6 is 0 Å². The molecule has 0 saturated heterocycles. The first-order chi connectivity index (χ1) is 8.66. The molecule has 1 nitrogen and oxygen atoms in total. The van der Waals surface area contributed by atoms with Crippen molar-refractivity contribution >= 4 is 0 Å². The van der Waals surface area contributed by atoms with Gasteiger partial charge in [-0.25, -0.2) is 0 Å². The van der Waals surface area contributed by atoms with Gasteiger partial charge in [0.1, 0.15) is 0 Å². The summed E-state index contributed by atoms with van der Waals surface area (Å²) in [4.78, 5) is 0. The van der Waals surface area contributed by atoms with E-state index in [2.05, 4.69) is 38.1 Å². The van der Waals surface area contributed by atoms with Gasteiger partial charge in [0.05, 0.1) is 6.04 Å². The molecule has 1 aliphatic carbocycles. The van der Waals surface area contributed by atoms with Crippen LogP contribution in [0.25, 0.3) is 0 Å². The SMILES string of the molecule is Cc1cc(C)cc(C(N)/C2=C/CCCCCC2)c1. The lowest BCUT2D eigenvalue weighted by Gasteiger charge is -2.19. The largest absolute Gasteiger partial charge is 0.321 e. The molecule has 98 valence electrons. The zero-order valence-electron chi connectivity index (χ0n) is 11.7. The maximum absolute atomic E-state index is 6.46. The Morgan fingerprint density at radius 1 is 0.944 bits per heavy atom. The zero-order valence-corrected chi connectivity index (χ0v) is 11.7. The van der Waals surface area contributed by atoms with E-state index in [1.807, 2.05) is 0 Å². The van der Waals surface area contributed by atoms with Gasteiger partial charge in [-0.3, -0.25) is 0 Å². The first-order valence-corrected chi connectivity index (χ1v) is 7.19. The second kappa shape index (κ2) is 6.19. The second-order valence-corrected chi connectivity index (χ2v) is 5.63. The summed E-state index contributed by atoms with van der Waals surface area (Å²) in [5.74, 6) is 0. The molecule has 1 aliphatic rings. The van der Waals surface area contributed by atoms with Crippen LogP contribution < -0.4 is 5.73 Å². The molecule has 0 heterocycles. The Hall–Kier alpha value is -1.08. The molecule has 0 spiro atoms. The number of hydrogen-bond acceptors (Lipinski definition) is 1. The summed E-state index contributed by atoms with van der Waals surface area (Å²) in [6.45, 7) is 4.30. The Labute approximate surface area is 111 Å². The molecule has 2 rings (SSSR count). The van der Waals surface area contributed by atoms with E-state index in [-0.39, 0.29) is 6.04 Å². The molecule has 0 aromatic heterocycles. The highest BCUT2D eigenvalue weighted by Crippen LogP contribution is 2.28. The van der Waals surface area contributed by atoms with Crippen molar-refractivity contribution in [3.05, 3.63) is 46.5 Å². The van der Waals surface area contributed by atoms with Crippen LogP contribution in [0.4, 0.5) is 0 Å². The van der Waals surface area contributed by atoms with Crippen molar-refractivity contribution in [2.24, 2.45) is 5.73 Å². The fraction of sp³-hybridized carbons (Fsp3) is 0.529. The molecular weight excluding hydrogens is 218 g/mol. The summed E-state index contributed by atoms with van der Waals surface area (Å²) in [5, 5.41) is 0. The summed E-state index contributed by atoms with van der Waals surface area (Å²) in [6.07, 6.45) is 10.1. The lowest BCUT2D eigenvalue weighted by molar-refractivity contribution is 0.602. The molecule has 18 heavy (non-hydrogen) atoms. The van der Waals surface area contributed by atoms with Crippen molar-refractivity contribution in [3.8, 4) is 0 Å². The zero-order chi connectivity index (χ0) is 13.0. The molecular formula is C17H25N. The molecule has 1 aromatic rings. The number of rotatable bonds is 2. The Balaban J connectivity index is 2.20. The van der Waals surface area contributed by atoms with Gasteiger partial charge in [-0.15, -0.1) is 0 Å². The van der Waals surface area contributed by atoms with Crippen LogP contribution in [-0.2, 0) is 0 Å². The van der Waals surface area contributed by atoms with Gasteiger partial charge >= 0.3 is 0 Å². The highest BCUT2D eigenvalue weighted by molar-refractivity contribution is 5.34. The van der Waals surface area contributed by atoms with Crippen molar-refractivity contribution in [1.29, 1.82) is 0 Å². The van der Waals surface area contributed by atoms with Crippen molar-refractivity contribution in [3.63, 3.8) is 0 Å². The Kier molecular flexibility index (Phi) is 4.60. The molecule has 0 fully saturated rings. The molecule has 0 aliphatic heterocycles. The van der Waals surface area contributed by atoms with Gasteiger partial charge in [0.2, 0.25) is 0 Å². The number of nitrogens with two attached hydrogens (primary N) is 1. The van der Waals surface area contributed by atoms with Gasteiger partial charge in [0.15, 0.2) is 0 Å². The van der Waals surface area contributed by atoms with Gasteiger partial charge in [-0.1, -0.05) is 53.8 Å². The van der Waals surface area contributed by atoms with Crippen molar-refractivity contribution in [2.75, 3.05) is 0 Å². The average molecular weight is 243 g/mol. The second-order valence-electron chi connectivity index (χ2n) is 5.63. The van der Waals surface area contributed by atoms with E-state index in [1.165, 1.54) is 60.8 Å². The molecule has 1 unspecified atom stereocenters. The van der Waals surface area contributed by atoms with Gasteiger partial charge in [-0.2, -0.15) is 0 Å². The molecule has 0 saturated carbocycles. The van der Waals surface area contributed by atoms with Gasteiger partial charge < -0.3 is 5.73 Å². The fourth-order valence-electron chi connectivity index (χ4n) is 2.90. The minimum absolute atomic E-state index is 0.0988. The smallest absolute Gasteiger partial charge is 0.0511 e. The minimum atomic E-state index is 0.0988. The van der Waals surface area contributed by atoms with Crippen LogP contribution in [0.5, 0.6) is 0 Å². The van der Waals surface area contributed by atoms with Gasteiger partial charge in [-0.05, 0) is 45.1 Å². The molecule has 0 bridgehead atoms. The quantitative estimate of drug-likeness (QED) is 0.756. The van der Waals surface area contributed by atoms with Crippen LogP contribution in [0.2, 0.25) is 0 Å². The van der Waals surface area contributed by atoms with Crippen molar-refractivity contribution < 1.29 is 0 Å². The van der Waals surface area contributed by atoms with E-state index in [4.69, 9.17) is 5.73 Å². The Bertz CT molecular complexity index is 411. The number of allylic oxidation sites excluding steroid dienone is 1. The summed E-state index contributed by atoms with van der Waals surface area (Å²) in [5.41, 5.74) is 11.8. The predicted molar refractivity (Wildman–Crippen MR) is 78.6 cm³/mol. The fourth-order valence-corrected chi connectivity index (χ4v) is 2.90. The van der Waals surface area contributed by atoms with E-state index in [0.29, 0.717) is 0 Å². The lowest BCUT2D eigenvalue weighted by Crippen LogP contribution is -2.14. The van der Waals surface area contributed by atoms with Gasteiger partial charge in [0.25, 0.3) is 0 Å². The molecule has 1 aromatic carbocycles. The highest BCUT2D eigenvalue weighted by Gasteiger charge is 2.13. The molecule has 2 N–H and O–H groups in total. The number of aryl methyl sites for hydroxylation is 2. The van der Waals surface area contributed by atoms with E-state index in [0.717, 1.165) is 0 Å². The third-order valence-corrected chi connectivity index (χ3v) is 3.83. The van der Waals surface area contributed by atoms with Crippen LogP contribution in [0, 0.1) is 13.8 Å². The normalized spacial score (nSPS) is 21.6. The van der Waals surface area contributed by atoms with Crippen LogP contribution in [-0.4, -0.2) is 0 Å². The maximum atomic E-state index is 6.46. The summed E-state index contributed by atoms with van der Waals surface area (Å²) in [7, 11) is 0. The third-order valence-electron chi connectivity index (χ3n) is 3.83. The summed E-state index contributed by atoms with van der Waals surface area (Å²) in [6, 6.07) is 6.78. The predicted octanol–water partition coefficient (Wildman–Crippen LogP) is 4.58. The van der Waals surface area contributed by atoms with Crippen LogP contribution in [0.1, 0.15) is 61.3 Å². The summed E-state index contributed by atoms with van der Waals surface area (Å²) >= 11 is 0. The molecule has 0 amide bonds. The molecule has 1 heteroatoms. The first kappa shape index (κ1) is 13.4. The van der Waals surface area contributed by atoms with E-state index < -0.39 is 0 Å². The van der Waals surface area contributed by atoms with Crippen LogP contribution in [0.15, 0.2) is 29.8 Å². The van der Waals surface area contributed by atoms with Crippen molar-refractivity contribution in [1.82, 2.24) is 0 Å². The summed E-state index contributed by atoms with van der Waals surface area (Å²) < 4.78 is 0. The third kappa shape index (κ3) is 3.46. The standard InChI is InChI=1S/C17H25N/c1-13-10-14(2)12-16(11-13)17(18)15-8-6-4-3-5-7-9-15/h8,10-12,17H,3-7,9,18H2,1-2H3/b15-8+. The average Bonchev–Trinajstić information content (AvgIpc) is 2.26. The van der Waals surface area contributed by atoms with Crippen LogP contribution in [0.3, 0.4) is 0 Å². The highest BCUT2D eigenvalue weighted by atomic mass is 14.6. The van der Waals surface area contributed by atoms with E-state index >= 15 is 0 Å². The number of hydrogen-bond donors (Lipinski definition) is 1. The van der Waals surface area contributed by atoms with Crippen molar-refractivity contribution in [2.45, 2.75) is 58.4 Å². The van der Waals surface area contributed by atoms with E-state index in [9.17, 15) is 0 Å². The Morgan fingerprint density at radius 2 is 1.61 bits per heavy atom. The van der Waals surface area contributed by atoms with E-state index in [1.54, 1.807) is 0 Å². The molecule has 1 atom stereocenters. The first-order valence-electron chi connectivity index (χ1n) is 7.19. The lowest BCUT2D eigenvalue weighted by atomic mass is 9.90. The van der Waals surface area contributed by atoms with Gasteiger partial charge in [0, 0.05) is 0 Å².